The highest BCUT2D eigenvalue weighted by Crippen LogP contribution is 2.23. The van der Waals surface area contributed by atoms with Gasteiger partial charge in [-0.25, -0.2) is 8.42 Å². The Balaban J connectivity index is 1.72. The van der Waals surface area contributed by atoms with E-state index >= 15 is 0 Å². The second-order valence-electron chi connectivity index (χ2n) is 7.62. The lowest BCUT2D eigenvalue weighted by molar-refractivity contribution is -0.124. The van der Waals surface area contributed by atoms with E-state index in [1.807, 2.05) is 13.8 Å². The predicted molar refractivity (Wildman–Crippen MR) is 120 cm³/mol. The molecule has 1 saturated heterocycles. The molecule has 0 aliphatic carbocycles. The maximum Gasteiger partial charge on any atom is 0.261 e. The summed E-state index contributed by atoms with van der Waals surface area (Å²) in [4.78, 5) is 27.0. The second kappa shape index (κ2) is 9.34. The zero-order chi connectivity index (χ0) is 22.6. The van der Waals surface area contributed by atoms with E-state index in [2.05, 4.69) is 16.6 Å². The summed E-state index contributed by atoms with van der Waals surface area (Å²) in [6.45, 7) is 8.22. The number of likely N-dealkylation sites (tertiary alicyclic amines) is 1. The van der Waals surface area contributed by atoms with Crippen molar-refractivity contribution >= 4 is 27.5 Å². The van der Waals surface area contributed by atoms with Crippen LogP contribution in [-0.2, 0) is 14.8 Å². The van der Waals surface area contributed by atoms with E-state index in [4.69, 9.17) is 0 Å². The first-order valence-corrected chi connectivity index (χ1v) is 11.6. The van der Waals surface area contributed by atoms with Crippen LogP contribution in [0.4, 0.5) is 5.69 Å². The molecular weight excluding hydrogens is 414 g/mol. The quantitative estimate of drug-likeness (QED) is 0.646. The number of anilines is 1. The SMILES string of the molecule is C=CCNC(=O)[C@H]1CCCN1C(=O)c1ccc(NS(=O)(=O)c2ccc(C)c(C)c2)cc1. The Morgan fingerprint density at radius 1 is 1.13 bits per heavy atom. The van der Waals surface area contributed by atoms with Crippen LogP contribution in [0.2, 0.25) is 0 Å². The summed E-state index contributed by atoms with van der Waals surface area (Å²) >= 11 is 0. The highest BCUT2D eigenvalue weighted by Gasteiger charge is 2.34. The molecule has 8 heteroatoms. The van der Waals surface area contributed by atoms with Gasteiger partial charge in [-0.15, -0.1) is 6.58 Å². The van der Waals surface area contributed by atoms with Gasteiger partial charge in [-0.05, 0) is 74.2 Å². The molecule has 0 radical (unpaired) electrons. The van der Waals surface area contributed by atoms with Crippen molar-refractivity contribution in [2.24, 2.45) is 0 Å². The largest absolute Gasteiger partial charge is 0.351 e. The van der Waals surface area contributed by atoms with Crippen molar-refractivity contribution in [3.8, 4) is 0 Å². The Morgan fingerprint density at radius 2 is 1.84 bits per heavy atom. The van der Waals surface area contributed by atoms with Gasteiger partial charge >= 0.3 is 0 Å². The molecule has 164 valence electrons. The second-order valence-corrected chi connectivity index (χ2v) is 9.30. The summed E-state index contributed by atoms with van der Waals surface area (Å²) in [7, 11) is -3.74. The van der Waals surface area contributed by atoms with E-state index in [9.17, 15) is 18.0 Å². The smallest absolute Gasteiger partial charge is 0.261 e. The Morgan fingerprint density at radius 3 is 2.48 bits per heavy atom. The number of benzene rings is 2. The van der Waals surface area contributed by atoms with Gasteiger partial charge in [-0.1, -0.05) is 12.1 Å². The van der Waals surface area contributed by atoms with Crippen LogP contribution in [0.25, 0.3) is 0 Å². The third-order valence-electron chi connectivity index (χ3n) is 5.41. The molecule has 7 nitrogen and oxygen atoms in total. The van der Waals surface area contributed by atoms with Gasteiger partial charge in [-0.2, -0.15) is 0 Å². The molecule has 1 aliphatic heterocycles. The van der Waals surface area contributed by atoms with E-state index in [0.29, 0.717) is 30.8 Å². The number of hydrogen-bond donors (Lipinski definition) is 2. The summed E-state index contributed by atoms with van der Waals surface area (Å²) < 4.78 is 27.9. The van der Waals surface area contributed by atoms with Gasteiger partial charge in [0.05, 0.1) is 4.90 Å². The molecule has 2 aromatic rings. The van der Waals surface area contributed by atoms with Crippen LogP contribution in [0.1, 0.15) is 34.3 Å². The number of sulfonamides is 1. The number of nitrogens with one attached hydrogen (secondary N) is 2. The maximum absolute atomic E-state index is 12.9. The lowest BCUT2D eigenvalue weighted by Crippen LogP contribution is -2.46. The highest BCUT2D eigenvalue weighted by molar-refractivity contribution is 7.92. The zero-order valence-corrected chi connectivity index (χ0v) is 18.5. The van der Waals surface area contributed by atoms with Crippen LogP contribution in [0.15, 0.2) is 60.0 Å². The third kappa shape index (κ3) is 5.14. The van der Waals surface area contributed by atoms with Gasteiger partial charge in [0.15, 0.2) is 0 Å². The van der Waals surface area contributed by atoms with Crippen LogP contribution in [0.5, 0.6) is 0 Å². The minimum Gasteiger partial charge on any atom is -0.351 e. The Kier molecular flexibility index (Phi) is 6.80. The monoisotopic (exact) mass is 441 g/mol. The predicted octanol–water partition coefficient (Wildman–Crippen LogP) is 3.01. The molecule has 0 unspecified atom stereocenters. The summed E-state index contributed by atoms with van der Waals surface area (Å²) in [5, 5.41) is 2.74. The van der Waals surface area contributed by atoms with E-state index in [-0.39, 0.29) is 16.7 Å². The maximum atomic E-state index is 12.9. The molecule has 1 aliphatic rings. The molecule has 0 bridgehead atoms. The van der Waals surface area contributed by atoms with Crippen LogP contribution in [-0.4, -0.2) is 44.3 Å². The lowest BCUT2D eigenvalue weighted by atomic mass is 10.1. The van der Waals surface area contributed by atoms with Crippen molar-refractivity contribution in [1.29, 1.82) is 0 Å². The van der Waals surface area contributed by atoms with Crippen molar-refractivity contribution in [2.75, 3.05) is 17.8 Å². The Hall–Kier alpha value is -3.13. The van der Waals surface area contributed by atoms with Crippen molar-refractivity contribution < 1.29 is 18.0 Å². The average molecular weight is 442 g/mol. The molecule has 3 rings (SSSR count). The van der Waals surface area contributed by atoms with Gasteiger partial charge < -0.3 is 10.2 Å². The van der Waals surface area contributed by atoms with E-state index in [1.165, 1.54) is 0 Å². The fourth-order valence-corrected chi connectivity index (χ4v) is 4.66. The molecule has 1 heterocycles. The first-order chi connectivity index (χ1) is 14.7. The summed E-state index contributed by atoms with van der Waals surface area (Å²) in [5.74, 6) is -0.441. The number of nitrogens with zero attached hydrogens (tertiary/aromatic N) is 1. The first-order valence-electron chi connectivity index (χ1n) is 10.1. The molecule has 31 heavy (non-hydrogen) atoms. The molecule has 2 N–H and O–H groups in total. The number of carbonyl (C=O) groups is 2. The fourth-order valence-electron chi connectivity index (χ4n) is 3.51. The molecule has 0 spiro atoms. The number of carbonyl (C=O) groups excluding carboxylic acids is 2. The fraction of sp³-hybridized carbons (Fsp3) is 0.304. The molecule has 2 aromatic carbocycles. The van der Waals surface area contributed by atoms with Gasteiger partial charge in [0, 0.05) is 24.3 Å². The van der Waals surface area contributed by atoms with Crippen LogP contribution in [0, 0.1) is 13.8 Å². The van der Waals surface area contributed by atoms with Crippen LogP contribution < -0.4 is 10.0 Å². The molecular formula is C23H27N3O4S. The van der Waals surface area contributed by atoms with E-state index < -0.39 is 16.1 Å². The van der Waals surface area contributed by atoms with Gasteiger partial charge in [0.1, 0.15) is 6.04 Å². The minimum absolute atomic E-state index is 0.182. The Labute approximate surface area is 183 Å². The number of aryl methyl sites for hydroxylation is 2. The van der Waals surface area contributed by atoms with Gasteiger partial charge in [-0.3, -0.25) is 14.3 Å². The van der Waals surface area contributed by atoms with E-state index in [0.717, 1.165) is 17.5 Å². The van der Waals surface area contributed by atoms with Crippen molar-refractivity contribution in [3.05, 3.63) is 71.8 Å². The van der Waals surface area contributed by atoms with Gasteiger partial charge in [0.25, 0.3) is 15.9 Å². The number of hydrogen-bond acceptors (Lipinski definition) is 4. The minimum atomic E-state index is -3.74. The average Bonchev–Trinajstić information content (AvgIpc) is 3.23. The zero-order valence-electron chi connectivity index (χ0n) is 17.7. The summed E-state index contributed by atoms with van der Waals surface area (Å²) in [6.07, 6.45) is 2.96. The van der Waals surface area contributed by atoms with Crippen LogP contribution in [0.3, 0.4) is 0 Å². The normalized spacial score (nSPS) is 16.1. The summed E-state index contributed by atoms with van der Waals surface area (Å²) in [6, 6.07) is 10.7. The van der Waals surface area contributed by atoms with Crippen LogP contribution >= 0.6 is 0 Å². The number of amides is 2. The van der Waals surface area contributed by atoms with Crippen molar-refractivity contribution in [1.82, 2.24) is 10.2 Å². The summed E-state index contributed by atoms with van der Waals surface area (Å²) in [5.41, 5.74) is 2.66. The first kappa shape index (κ1) is 22.6. The Bertz CT molecular complexity index is 1090. The standard InChI is InChI=1S/C23H27N3O4S/c1-4-13-24-22(27)21-6-5-14-26(21)23(28)18-8-10-19(11-9-18)25-31(29,30)20-12-7-16(2)17(3)15-20/h4,7-12,15,21,25H,1,5-6,13-14H2,2-3H3,(H,24,27)/t21-/m1/s1. The molecule has 0 aromatic heterocycles. The molecule has 1 fully saturated rings. The van der Waals surface area contributed by atoms with Gasteiger partial charge in [0.2, 0.25) is 5.91 Å². The third-order valence-corrected chi connectivity index (χ3v) is 6.79. The van der Waals surface area contributed by atoms with Crippen molar-refractivity contribution in [3.63, 3.8) is 0 Å². The lowest BCUT2D eigenvalue weighted by Gasteiger charge is -2.24. The molecule has 0 saturated carbocycles. The molecule has 2 amide bonds. The topological polar surface area (TPSA) is 95.6 Å². The van der Waals surface area contributed by atoms with Crippen molar-refractivity contribution in [2.45, 2.75) is 37.6 Å². The van der Waals surface area contributed by atoms with E-state index in [1.54, 1.807) is 53.4 Å². The number of rotatable bonds is 7. The highest BCUT2D eigenvalue weighted by atomic mass is 32.2. The molecule has 1 atom stereocenters.